The van der Waals surface area contributed by atoms with Crippen molar-refractivity contribution in [2.24, 2.45) is 9.98 Å². The molecule has 1 amide bonds. The van der Waals surface area contributed by atoms with Gasteiger partial charge in [0.25, 0.3) is 5.91 Å². The summed E-state index contributed by atoms with van der Waals surface area (Å²) < 4.78 is 14.9. The first kappa shape index (κ1) is 19.8. The van der Waals surface area contributed by atoms with E-state index in [0.29, 0.717) is 30.0 Å². The van der Waals surface area contributed by atoms with Gasteiger partial charge in [-0.2, -0.15) is 0 Å². The molecule has 1 fully saturated rings. The summed E-state index contributed by atoms with van der Waals surface area (Å²) in [7, 11) is 1.92. The molecule has 0 bridgehead atoms. The van der Waals surface area contributed by atoms with Crippen LogP contribution in [0.3, 0.4) is 0 Å². The third kappa shape index (κ3) is 4.45. The molecule has 0 aliphatic carbocycles. The van der Waals surface area contributed by atoms with Crippen molar-refractivity contribution in [2.75, 3.05) is 25.5 Å². The van der Waals surface area contributed by atoms with Crippen molar-refractivity contribution in [1.82, 2.24) is 14.9 Å². The van der Waals surface area contributed by atoms with Crippen molar-refractivity contribution in [3.8, 4) is 0 Å². The van der Waals surface area contributed by atoms with Crippen LogP contribution in [0.15, 0.2) is 46.8 Å². The molecule has 1 aliphatic heterocycles. The molecule has 0 saturated carbocycles. The average Bonchev–Trinajstić information content (AvgIpc) is 2.70. The Kier molecular flexibility index (Phi) is 5.89. The average molecular weight is 382 g/mol. The Hall–Kier alpha value is -3.00. The van der Waals surface area contributed by atoms with Crippen LogP contribution in [0.25, 0.3) is 10.9 Å². The predicted molar refractivity (Wildman–Crippen MR) is 110 cm³/mol. The highest BCUT2D eigenvalue weighted by Gasteiger charge is 2.41. The molecule has 1 N–H and O–H groups in total. The van der Waals surface area contributed by atoms with Gasteiger partial charge in [0.15, 0.2) is 5.67 Å². The van der Waals surface area contributed by atoms with Crippen molar-refractivity contribution < 1.29 is 9.18 Å². The summed E-state index contributed by atoms with van der Waals surface area (Å²) in [6.45, 7) is 6.29. The molecular formula is C20H23FN6O. The largest absolute Gasteiger partial charge is 0.308 e. The zero-order chi connectivity index (χ0) is 20.1. The second-order valence-corrected chi connectivity index (χ2v) is 6.88. The number of likely N-dealkylation sites (tertiary alicyclic amines) is 1. The van der Waals surface area contributed by atoms with Crippen LogP contribution in [0, 0.1) is 0 Å². The molecule has 2 aromatic heterocycles. The Morgan fingerprint density at radius 2 is 2.11 bits per heavy atom. The maximum Gasteiger partial charge on any atom is 0.263 e. The van der Waals surface area contributed by atoms with Gasteiger partial charge >= 0.3 is 0 Å². The normalized spacial score (nSPS) is 17.8. The second-order valence-electron chi connectivity index (χ2n) is 6.88. The highest BCUT2D eigenvalue weighted by molar-refractivity contribution is 6.00. The van der Waals surface area contributed by atoms with E-state index >= 15 is 0 Å². The number of nitrogens with zero attached hydrogens (tertiary/aromatic N) is 5. The Labute approximate surface area is 163 Å². The Bertz CT molecular complexity index is 947. The van der Waals surface area contributed by atoms with Crippen LogP contribution in [0.5, 0.6) is 0 Å². The standard InChI is InChI=1S/C20H23FN6O/c1-14(23-9-8-22-2)16-5-4-15-13-24-18(12-17(15)25-16)26-19(28)20(21)6-10-27(3)11-7-20/h4-5,8-9,12-13H,2,6-7,10-11H2,1,3H3,(H,24,26,28)/b9-8-,23-14+. The second kappa shape index (κ2) is 8.35. The third-order valence-corrected chi connectivity index (χ3v) is 4.81. The molecule has 0 atom stereocenters. The first-order valence-electron chi connectivity index (χ1n) is 9.03. The number of piperidine rings is 1. The van der Waals surface area contributed by atoms with Gasteiger partial charge in [0.1, 0.15) is 5.82 Å². The van der Waals surface area contributed by atoms with E-state index in [9.17, 15) is 9.18 Å². The Morgan fingerprint density at radius 3 is 2.82 bits per heavy atom. The molecular weight excluding hydrogens is 359 g/mol. The van der Waals surface area contributed by atoms with Crippen LogP contribution < -0.4 is 5.32 Å². The van der Waals surface area contributed by atoms with Crippen LogP contribution in [0.1, 0.15) is 25.5 Å². The number of hydrogen-bond donors (Lipinski definition) is 1. The maximum absolute atomic E-state index is 14.9. The first-order chi connectivity index (χ1) is 13.4. The third-order valence-electron chi connectivity index (χ3n) is 4.81. The van der Waals surface area contributed by atoms with Crippen LogP contribution >= 0.6 is 0 Å². The minimum Gasteiger partial charge on any atom is -0.308 e. The molecule has 0 spiro atoms. The van der Waals surface area contributed by atoms with Gasteiger partial charge in [-0.3, -0.25) is 14.8 Å². The van der Waals surface area contributed by atoms with Crippen LogP contribution in [0.4, 0.5) is 10.2 Å². The number of halogens is 1. The molecule has 2 aromatic rings. The van der Waals surface area contributed by atoms with Crippen LogP contribution in [-0.4, -0.2) is 59.0 Å². The monoisotopic (exact) mass is 382 g/mol. The van der Waals surface area contributed by atoms with Gasteiger partial charge in [-0.05, 0) is 32.8 Å². The number of aliphatic imine (C=N–C) groups is 2. The quantitative estimate of drug-likeness (QED) is 0.806. The predicted octanol–water partition coefficient (Wildman–Crippen LogP) is 2.98. The van der Waals surface area contributed by atoms with Gasteiger partial charge in [-0.15, -0.1) is 0 Å². The molecule has 0 radical (unpaired) electrons. The minimum absolute atomic E-state index is 0.175. The van der Waals surface area contributed by atoms with E-state index in [-0.39, 0.29) is 18.7 Å². The summed E-state index contributed by atoms with van der Waals surface area (Å²) in [5.41, 5.74) is 0.160. The number of pyridine rings is 2. The lowest BCUT2D eigenvalue weighted by molar-refractivity contribution is -0.130. The van der Waals surface area contributed by atoms with Crippen LogP contribution in [-0.2, 0) is 4.79 Å². The summed E-state index contributed by atoms with van der Waals surface area (Å²) in [6.07, 6.45) is 4.98. The minimum atomic E-state index is -1.87. The van der Waals surface area contributed by atoms with Gasteiger partial charge < -0.3 is 10.2 Å². The number of alkyl halides is 1. The molecule has 7 nitrogen and oxygen atoms in total. The topological polar surface area (TPSA) is 82.8 Å². The van der Waals surface area contributed by atoms with E-state index in [1.165, 1.54) is 12.4 Å². The number of rotatable bonds is 5. The highest BCUT2D eigenvalue weighted by Crippen LogP contribution is 2.27. The van der Waals surface area contributed by atoms with Gasteiger partial charge in [-0.25, -0.2) is 14.4 Å². The number of fused-ring (bicyclic) bond motifs is 1. The number of carbonyl (C=O) groups excluding carboxylic acids is 1. The number of nitrogens with one attached hydrogen (secondary N) is 1. The zero-order valence-corrected chi connectivity index (χ0v) is 16.0. The zero-order valence-electron chi connectivity index (χ0n) is 16.0. The Balaban J connectivity index is 1.81. The fourth-order valence-electron chi connectivity index (χ4n) is 2.97. The molecule has 1 aliphatic rings. The molecule has 0 aromatic carbocycles. The number of aromatic nitrogens is 2. The molecule has 0 unspecified atom stereocenters. The fraction of sp³-hybridized carbons (Fsp3) is 0.350. The van der Waals surface area contributed by atoms with Crippen molar-refractivity contribution in [3.63, 3.8) is 0 Å². The summed E-state index contributed by atoms with van der Waals surface area (Å²) >= 11 is 0. The molecule has 8 heteroatoms. The van der Waals surface area contributed by atoms with E-state index < -0.39 is 11.6 Å². The van der Waals surface area contributed by atoms with Gasteiger partial charge in [-0.1, -0.05) is 0 Å². The Morgan fingerprint density at radius 1 is 1.36 bits per heavy atom. The van der Waals surface area contributed by atoms with E-state index in [0.717, 1.165) is 5.39 Å². The molecule has 28 heavy (non-hydrogen) atoms. The SMILES string of the molecule is C=N/C=C\N=C(/C)c1ccc2cnc(NC(=O)C3(F)CCN(C)CC3)cc2n1. The van der Waals surface area contributed by atoms with E-state index in [1.54, 1.807) is 12.3 Å². The van der Waals surface area contributed by atoms with E-state index in [4.69, 9.17) is 0 Å². The summed E-state index contributed by atoms with van der Waals surface area (Å²) in [5.74, 6) is -0.369. The number of hydrogen-bond acceptors (Lipinski definition) is 6. The maximum atomic E-state index is 14.9. The fourth-order valence-corrected chi connectivity index (χ4v) is 2.97. The van der Waals surface area contributed by atoms with Gasteiger partial charge in [0, 0.05) is 56.0 Å². The van der Waals surface area contributed by atoms with Crippen molar-refractivity contribution >= 4 is 35.1 Å². The smallest absolute Gasteiger partial charge is 0.263 e. The number of anilines is 1. The van der Waals surface area contributed by atoms with Crippen molar-refractivity contribution in [1.29, 1.82) is 0 Å². The summed E-state index contributed by atoms with van der Waals surface area (Å²) in [5, 5.41) is 3.42. The molecule has 1 saturated heterocycles. The lowest BCUT2D eigenvalue weighted by Crippen LogP contribution is -2.47. The summed E-state index contributed by atoms with van der Waals surface area (Å²) in [6, 6.07) is 5.35. The van der Waals surface area contributed by atoms with Crippen molar-refractivity contribution in [2.45, 2.75) is 25.4 Å². The lowest BCUT2D eigenvalue weighted by atomic mass is 9.92. The first-order valence-corrected chi connectivity index (χ1v) is 9.03. The van der Waals surface area contributed by atoms with E-state index in [2.05, 4.69) is 32.0 Å². The van der Waals surface area contributed by atoms with E-state index in [1.807, 2.05) is 31.0 Å². The van der Waals surface area contributed by atoms with Crippen LogP contribution in [0.2, 0.25) is 0 Å². The summed E-state index contributed by atoms with van der Waals surface area (Å²) in [4.78, 5) is 31.1. The van der Waals surface area contributed by atoms with Gasteiger partial charge in [0.05, 0.1) is 16.9 Å². The molecule has 3 rings (SSSR count). The lowest BCUT2D eigenvalue weighted by Gasteiger charge is -2.33. The molecule has 146 valence electrons. The highest BCUT2D eigenvalue weighted by atomic mass is 19.1. The van der Waals surface area contributed by atoms with Gasteiger partial charge in [0.2, 0.25) is 0 Å². The van der Waals surface area contributed by atoms with Crippen molar-refractivity contribution in [3.05, 3.63) is 42.5 Å². The number of carbonyl (C=O) groups is 1. The number of amides is 1. The molecule has 3 heterocycles.